The topological polar surface area (TPSA) is 118 Å². The molecule has 1 amide bonds. The molecule has 2 fully saturated rings. The van der Waals surface area contributed by atoms with Gasteiger partial charge in [0, 0.05) is 30.0 Å². The summed E-state index contributed by atoms with van der Waals surface area (Å²) in [6.07, 6.45) is 7.00. The van der Waals surface area contributed by atoms with E-state index < -0.39 is 0 Å². The van der Waals surface area contributed by atoms with E-state index in [4.69, 9.17) is 15.1 Å². The number of nitrogens with zero attached hydrogens (tertiary/aromatic N) is 3. The number of hydrogen-bond acceptors (Lipinski definition) is 6. The molecular weight excluding hydrogens is 346 g/mol. The van der Waals surface area contributed by atoms with Gasteiger partial charge in [0.05, 0.1) is 12.2 Å². The van der Waals surface area contributed by atoms with E-state index in [1.165, 1.54) is 6.26 Å². The maximum atomic E-state index is 12.9. The van der Waals surface area contributed by atoms with Gasteiger partial charge in [-0.1, -0.05) is 0 Å². The molecule has 3 heterocycles. The number of carbonyl (C=O) groups is 1. The van der Waals surface area contributed by atoms with Crippen molar-refractivity contribution < 1.29 is 9.21 Å². The number of piperidine rings is 1. The van der Waals surface area contributed by atoms with E-state index in [-0.39, 0.29) is 23.4 Å². The second kappa shape index (κ2) is 6.02. The van der Waals surface area contributed by atoms with Gasteiger partial charge in [0.15, 0.2) is 5.69 Å². The number of rotatable bonds is 3. The van der Waals surface area contributed by atoms with Gasteiger partial charge >= 0.3 is 0 Å². The van der Waals surface area contributed by atoms with Gasteiger partial charge in [-0.15, -0.1) is 0 Å². The molecule has 8 heteroatoms. The van der Waals surface area contributed by atoms with Crippen molar-refractivity contribution in [1.82, 2.24) is 19.9 Å². The van der Waals surface area contributed by atoms with Crippen LogP contribution >= 0.6 is 0 Å². The summed E-state index contributed by atoms with van der Waals surface area (Å²) < 4.78 is 5.22. The number of oxazole rings is 1. The van der Waals surface area contributed by atoms with Crippen molar-refractivity contribution in [3.05, 3.63) is 45.3 Å². The Balaban J connectivity index is 1.46. The predicted octanol–water partition coefficient (Wildman–Crippen LogP) is 1.21. The SMILES string of the molecule is NCc1nc(C(=O)N2CCCC3(CCc4c3nc(C3CC3)[nH]c4=O)C2)co1. The van der Waals surface area contributed by atoms with Crippen molar-refractivity contribution in [2.24, 2.45) is 5.73 Å². The van der Waals surface area contributed by atoms with Gasteiger partial charge in [0.2, 0.25) is 5.89 Å². The third kappa shape index (κ3) is 2.70. The first-order chi connectivity index (χ1) is 13.1. The summed E-state index contributed by atoms with van der Waals surface area (Å²) >= 11 is 0. The summed E-state index contributed by atoms with van der Waals surface area (Å²) in [5, 5.41) is 0. The van der Waals surface area contributed by atoms with Crippen LogP contribution in [0.15, 0.2) is 15.5 Å². The highest BCUT2D eigenvalue weighted by Gasteiger charge is 2.46. The maximum Gasteiger partial charge on any atom is 0.275 e. The van der Waals surface area contributed by atoms with E-state index in [0.717, 1.165) is 55.6 Å². The van der Waals surface area contributed by atoms with E-state index >= 15 is 0 Å². The van der Waals surface area contributed by atoms with Gasteiger partial charge in [0.25, 0.3) is 11.5 Å². The minimum Gasteiger partial charge on any atom is -0.447 e. The van der Waals surface area contributed by atoms with Crippen molar-refractivity contribution in [3.63, 3.8) is 0 Å². The van der Waals surface area contributed by atoms with Crippen molar-refractivity contribution in [2.45, 2.75) is 56.4 Å². The fraction of sp³-hybridized carbons (Fsp3) is 0.579. The van der Waals surface area contributed by atoms with Gasteiger partial charge in [0.1, 0.15) is 12.1 Å². The zero-order chi connectivity index (χ0) is 18.6. The Hall–Kier alpha value is -2.48. The summed E-state index contributed by atoms with van der Waals surface area (Å²) in [7, 11) is 0. The van der Waals surface area contributed by atoms with Crippen LogP contribution in [-0.2, 0) is 18.4 Å². The molecular formula is C19H23N5O3. The predicted molar refractivity (Wildman–Crippen MR) is 96.4 cm³/mol. The summed E-state index contributed by atoms with van der Waals surface area (Å²) in [6, 6.07) is 0. The van der Waals surface area contributed by atoms with Crippen LogP contribution < -0.4 is 11.3 Å². The lowest BCUT2D eigenvalue weighted by Crippen LogP contribution is -2.48. The van der Waals surface area contributed by atoms with Gasteiger partial charge in [-0.05, 0) is 38.5 Å². The van der Waals surface area contributed by atoms with Crippen LogP contribution in [0, 0.1) is 0 Å². The molecule has 8 nitrogen and oxygen atoms in total. The van der Waals surface area contributed by atoms with Crippen LogP contribution in [0.25, 0.3) is 0 Å². The molecule has 5 rings (SSSR count). The molecule has 1 aliphatic heterocycles. The highest BCUT2D eigenvalue weighted by Crippen LogP contribution is 2.45. The summed E-state index contributed by atoms with van der Waals surface area (Å²) in [5.41, 5.74) is 7.34. The molecule has 2 aliphatic carbocycles. The smallest absolute Gasteiger partial charge is 0.275 e. The summed E-state index contributed by atoms with van der Waals surface area (Å²) in [5.74, 6) is 1.44. The molecule has 1 saturated heterocycles. The Morgan fingerprint density at radius 1 is 1.37 bits per heavy atom. The first kappa shape index (κ1) is 16.7. The molecule has 27 heavy (non-hydrogen) atoms. The Labute approximate surface area is 156 Å². The molecule has 142 valence electrons. The lowest BCUT2D eigenvalue weighted by Gasteiger charge is -2.40. The monoisotopic (exact) mass is 369 g/mol. The fourth-order valence-electron chi connectivity index (χ4n) is 4.59. The number of carbonyl (C=O) groups excluding carboxylic acids is 1. The summed E-state index contributed by atoms with van der Waals surface area (Å²) in [6.45, 7) is 1.42. The van der Waals surface area contributed by atoms with Crippen LogP contribution in [0.3, 0.4) is 0 Å². The molecule has 0 aromatic carbocycles. The maximum absolute atomic E-state index is 12.9. The molecule has 1 unspecified atom stereocenters. The highest BCUT2D eigenvalue weighted by atomic mass is 16.3. The molecule has 3 aliphatic rings. The second-order valence-electron chi connectivity index (χ2n) is 7.99. The number of H-pyrrole nitrogens is 1. The number of nitrogens with two attached hydrogens (primary N) is 1. The van der Waals surface area contributed by atoms with Gasteiger partial charge in [-0.3, -0.25) is 9.59 Å². The third-order valence-corrected chi connectivity index (χ3v) is 6.16. The van der Waals surface area contributed by atoms with Crippen molar-refractivity contribution in [1.29, 1.82) is 0 Å². The average molecular weight is 369 g/mol. The van der Waals surface area contributed by atoms with Crippen molar-refractivity contribution >= 4 is 5.91 Å². The molecule has 1 spiro atoms. The minimum atomic E-state index is -0.221. The number of aromatic amines is 1. The molecule has 1 saturated carbocycles. The number of likely N-dealkylation sites (tertiary alicyclic amines) is 1. The van der Waals surface area contributed by atoms with Crippen molar-refractivity contribution in [2.75, 3.05) is 13.1 Å². The second-order valence-corrected chi connectivity index (χ2v) is 7.99. The van der Waals surface area contributed by atoms with E-state index in [1.54, 1.807) is 0 Å². The molecule has 0 bridgehead atoms. The van der Waals surface area contributed by atoms with Crippen molar-refractivity contribution in [3.8, 4) is 0 Å². The number of aromatic nitrogens is 3. The zero-order valence-corrected chi connectivity index (χ0v) is 15.2. The molecule has 0 radical (unpaired) electrons. The van der Waals surface area contributed by atoms with Crippen LogP contribution in [-0.4, -0.2) is 38.8 Å². The Bertz CT molecular complexity index is 960. The zero-order valence-electron chi connectivity index (χ0n) is 15.2. The van der Waals surface area contributed by atoms with Crippen LogP contribution in [0.1, 0.15) is 71.5 Å². The highest BCUT2D eigenvalue weighted by molar-refractivity contribution is 5.92. The van der Waals surface area contributed by atoms with E-state index in [2.05, 4.69) is 9.97 Å². The normalized spacial score (nSPS) is 24.4. The molecule has 2 aromatic rings. The number of fused-ring (bicyclic) bond motifs is 2. The summed E-state index contributed by atoms with van der Waals surface area (Å²) in [4.78, 5) is 39.3. The molecule has 1 atom stereocenters. The minimum absolute atomic E-state index is 0.00585. The average Bonchev–Trinajstić information content (AvgIpc) is 3.33. The number of amides is 1. The first-order valence-corrected chi connectivity index (χ1v) is 9.67. The first-order valence-electron chi connectivity index (χ1n) is 9.67. The molecule has 3 N–H and O–H groups in total. The van der Waals surface area contributed by atoms with E-state index in [1.807, 2.05) is 4.90 Å². The van der Waals surface area contributed by atoms with Gasteiger partial charge in [-0.25, -0.2) is 9.97 Å². The van der Waals surface area contributed by atoms with E-state index in [9.17, 15) is 9.59 Å². The van der Waals surface area contributed by atoms with Crippen LogP contribution in [0.4, 0.5) is 0 Å². The lowest BCUT2D eigenvalue weighted by atomic mass is 9.77. The number of hydrogen-bond donors (Lipinski definition) is 2. The quantitative estimate of drug-likeness (QED) is 0.840. The van der Waals surface area contributed by atoms with Gasteiger partial charge in [-0.2, -0.15) is 0 Å². The van der Waals surface area contributed by atoms with E-state index in [0.29, 0.717) is 30.6 Å². The molecule has 2 aromatic heterocycles. The van der Waals surface area contributed by atoms with Crippen LogP contribution in [0.2, 0.25) is 0 Å². The third-order valence-electron chi connectivity index (χ3n) is 6.16. The van der Waals surface area contributed by atoms with Crippen LogP contribution in [0.5, 0.6) is 0 Å². The fourth-order valence-corrected chi connectivity index (χ4v) is 4.59. The lowest BCUT2D eigenvalue weighted by molar-refractivity contribution is 0.0627. The Morgan fingerprint density at radius 3 is 2.96 bits per heavy atom. The Morgan fingerprint density at radius 2 is 2.22 bits per heavy atom. The van der Waals surface area contributed by atoms with Gasteiger partial charge < -0.3 is 20.0 Å². The standard InChI is InChI=1S/C19H23N5O3/c20-8-14-21-13(9-27-14)18(26)24-7-1-5-19(10-24)6-4-12-15(19)22-16(11-2-3-11)23-17(12)25/h9,11H,1-8,10,20H2,(H,22,23,25). The largest absolute Gasteiger partial charge is 0.447 e. The number of nitrogens with one attached hydrogen (secondary N) is 1. The Kier molecular flexibility index (Phi) is 3.72.